The summed E-state index contributed by atoms with van der Waals surface area (Å²) in [7, 11) is 0. The van der Waals surface area contributed by atoms with Gasteiger partial charge < -0.3 is 15.8 Å². The van der Waals surface area contributed by atoms with Crippen molar-refractivity contribution in [1.29, 1.82) is 0 Å². The molecule has 6 heteroatoms. The molecule has 0 aliphatic rings. The molecule has 0 amide bonds. The fraction of sp³-hybridized carbons (Fsp3) is 0.818. The number of esters is 1. The molecular weight excluding hydrogens is 333 g/mol. The predicted molar refractivity (Wildman–Crippen MR) is 80.7 cm³/mol. The predicted octanol–water partition coefficient (Wildman–Crippen LogP) is 1.65. The fourth-order valence-corrected chi connectivity index (χ4v) is 0.973. The third-order valence-corrected chi connectivity index (χ3v) is 1.56. The van der Waals surface area contributed by atoms with Crippen molar-refractivity contribution < 1.29 is 9.53 Å². The lowest BCUT2D eigenvalue weighted by Crippen LogP contribution is -2.34. The van der Waals surface area contributed by atoms with E-state index in [4.69, 9.17) is 10.5 Å². The summed E-state index contributed by atoms with van der Waals surface area (Å²) in [5.41, 5.74) is 5.13. The number of rotatable bonds is 5. The summed E-state index contributed by atoms with van der Waals surface area (Å²) in [5, 5.41) is 2.86. The van der Waals surface area contributed by atoms with Crippen LogP contribution in [-0.2, 0) is 9.53 Å². The highest BCUT2D eigenvalue weighted by Gasteiger charge is 2.15. The first kappa shape index (κ1) is 18.8. The number of aliphatic imine (C=N–C) groups is 1. The maximum absolute atomic E-state index is 11.3. The molecule has 17 heavy (non-hydrogen) atoms. The summed E-state index contributed by atoms with van der Waals surface area (Å²) in [6.45, 7) is 8.71. The van der Waals surface area contributed by atoms with E-state index in [1.807, 2.05) is 27.7 Å². The molecule has 3 N–H and O–H groups in total. The first-order chi connectivity index (χ1) is 7.35. The molecule has 5 nitrogen and oxygen atoms in total. The minimum Gasteiger partial charge on any atom is -0.460 e. The van der Waals surface area contributed by atoms with E-state index in [2.05, 4.69) is 10.3 Å². The van der Waals surface area contributed by atoms with Crippen LogP contribution in [-0.4, -0.2) is 30.6 Å². The second-order valence-electron chi connectivity index (χ2n) is 4.53. The lowest BCUT2D eigenvalue weighted by molar-refractivity contribution is -0.154. The molecule has 0 aromatic heterocycles. The molecule has 0 aliphatic carbocycles. The molecule has 0 saturated heterocycles. The van der Waals surface area contributed by atoms with Crippen LogP contribution in [0.3, 0.4) is 0 Å². The average Bonchev–Trinajstić information content (AvgIpc) is 2.11. The number of hydrogen-bond donors (Lipinski definition) is 2. The Labute approximate surface area is 121 Å². The molecule has 102 valence electrons. The van der Waals surface area contributed by atoms with E-state index in [1.54, 1.807) is 0 Å². The van der Waals surface area contributed by atoms with Crippen LogP contribution in [0.2, 0.25) is 0 Å². The van der Waals surface area contributed by atoms with Gasteiger partial charge >= 0.3 is 5.97 Å². The second-order valence-corrected chi connectivity index (χ2v) is 4.53. The Hall–Kier alpha value is -0.530. The van der Waals surface area contributed by atoms with Crippen LogP contribution < -0.4 is 11.1 Å². The van der Waals surface area contributed by atoms with Crippen molar-refractivity contribution in [2.45, 2.75) is 46.1 Å². The Morgan fingerprint density at radius 2 is 2.00 bits per heavy atom. The summed E-state index contributed by atoms with van der Waals surface area (Å²) in [6.07, 6.45) is 1.24. The molecule has 0 radical (unpaired) electrons. The zero-order chi connectivity index (χ0) is 12.6. The van der Waals surface area contributed by atoms with Crippen molar-refractivity contribution in [2.75, 3.05) is 13.1 Å². The molecule has 0 aromatic carbocycles. The minimum absolute atomic E-state index is 0. The van der Waals surface area contributed by atoms with Gasteiger partial charge in [0.05, 0.1) is 6.42 Å². The maximum atomic E-state index is 11.3. The van der Waals surface area contributed by atoms with Gasteiger partial charge in [-0.25, -0.2) is 0 Å². The number of nitrogens with two attached hydrogens (primary N) is 1. The van der Waals surface area contributed by atoms with Crippen molar-refractivity contribution >= 4 is 35.9 Å². The Balaban J connectivity index is 0. The van der Waals surface area contributed by atoms with Crippen LogP contribution >= 0.6 is 24.0 Å². The van der Waals surface area contributed by atoms with Crippen LogP contribution in [0.15, 0.2) is 4.99 Å². The molecule has 0 spiro atoms. The normalized spacial score (nSPS) is 11.6. The third-order valence-electron chi connectivity index (χ3n) is 1.56. The zero-order valence-electron chi connectivity index (χ0n) is 11.1. The van der Waals surface area contributed by atoms with E-state index >= 15 is 0 Å². The van der Waals surface area contributed by atoms with E-state index in [9.17, 15) is 4.79 Å². The summed E-state index contributed by atoms with van der Waals surface area (Å²) in [5.74, 6) is 0.147. The standard InChI is InChI=1S/C11H23N3O2.HI/c1-5-7-13-10(12)14-8-6-9(15)16-11(2,3)4;/h5-8H2,1-4H3,(H3,12,13,14);1H. The number of carbonyl (C=O) groups excluding carboxylic acids is 1. The van der Waals surface area contributed by atoms with Gasteiger partial charge in [-0.15, -0.1) is 24.0 Å². The SMILES string of the molecule is CCCN=C(N)NCCC(=O)OC(C)(C)C.I. The smallest absolute Gasteiger partial charge is 0.308 e. The van der Waals surface area contributed by atoms with E-state index in [1.165, 1.54) is 0 Å². The van der Waals surface area contributed by atoms with Crippen molar-refractivity contribution in [3.8, 4) is 0 Å². The van der Waals surface area contributed by atoms with E-state index in [0.29, 0.717) is 25.5 Å². The Kier molecular flexibility index (Phi) is 10.5. The number of halogens is 1. The number of carbonyl (C=O) groups is 1. The summed E-state index contributed by atoms with van der Waals surface area (Å²) < 4.78 is 5.14. The third kappa shape index (κ3) is 13.4. The second kappa shape index (κ2) is 9.49. The molecule has 0 fully saturated rings. The molecule has 0 rings (SSSR count). The largest absolute Gasteiger partial charge is 0.460 e. The van der Waals surface area contributed by atoms with Gasteiger partial charge in [-0.3, -0.25) is 9.79 Å². The molecule has 0 heterocycles. The van der Waals surface area contributed by atoms with Gasteiger partial charge in [0.1, 0.15) is 5.60 Å². The first-order valence-corrected chi connectivity index (χ1v) is 5.61. The van der Waals surface area contributed by atoms with Gasteiger partial charge in [0.2, 0.25) is 0 Å². The molecular formula is C11H24IN3O2. The number of nitrogens with zero attached hydrogens (tertiary/aromatic N) is 1. The summed E-state index contributed by atoms with van der Waals surface area (Å²) in [6, 6.07) is 0. The lowest BCUT2D eigenvalue weighted by Gasteiger charge is -2.19. The minimum atomic E-state index is -0.432. The van der Waals surface area contributed by atoms with E-state index < -0.39 is 5.60 Å². The summed E-state index contributed by atoms with van der Waals surface area (Å²) >= 11 is 0. The van der Waals surface area contributed by atoms with Gasteiger partial charge in [-0.2, -0.15) is 0 Å². The van der Waals surface area contributed by atoms with Crippen LogP contribution in [0.1, 0.15) is 40.5 Å². The molecule has 0 bridgehead atoms. The zero-order valence-corrected chi connectivity index (χ0v) is 13.4. The highest BCUT2D eigenvalue weighted by atomic mass is 127. The molecule has 0 atom stereocenters. The van der Waals surface area contributed by atoms with E-state index in [0.717, 1.165) is 6.42 Å². The quantitative estimate of drug-likeness (QED) is 0.340. The highest BCUT2D eigenvalue weighted by molar-refractivity contribution is 14.0. The average molecular weight is 357 g/mol. The van der Waals surface area contributed by atoms with Gasteiger partial charge in [0.15, 0.2) is 5.96 Å². The summed E-state index contributed by atoms with van der Waals surface area (Å²) in [4.78, 5) is 15.4. The highest BCUT2D eigenvalue weighted by Crippen LogP contribution is 2.07. The van der Waals surface area contributed by atoms with Crippen molar-refractivity contribution in [3.63, 3.8) is 0 Å². The number of ether oxygens (including phenoxy) is 1. The Bertz CT molecular complexity index is 250. The Morgan fingerprint density at radius 1 is 1.41 bits per heavy atom. The van der Waals surface area contributed by atoms with Crippen LogP contribution in [0, 0.1) is 0 Å². The van der Waals surface area contributed by atoms with Gasteiger partial charge in [0.25, 0.3) is 0 Å². The van der Waals surface area contributed by atoms with Crippen molar-refractivity contribution in [1.82, 2.24) is 5.32 Å². The fourth-order valence-electron chi connectivity index (χ4n) is 0.973. The first-order valence-electron chi connectivity index (χ1n) is 5.61. The van der Waals surface area contributed by atoms with Crippen molar-refractivity contribution in [2.24, 2.45) is 10.7 Å². The van der Waals surface area contributed by atoms with Crippen LogP contribution in [0.5, 0.6) is 0 Å². The number of guanidine groups is 1. The number of hydrogen-bond acceptors (Lipinski definition) is 3. The molecule has 0 aromatic rings. The van der Waals surface area contributed by atoms with E-state index in [-0.39, 0.29) is 29.9 Å². The van der Waals surface area contributed by atoms with Gasteiger partial charge in [0, 0.05) is 13.1 Å². The van der Waals surface area contributed by atoms with Crippen molar-refractivity contribution in [3.05, 3.63) is 0 Å². The monoisotopic (exact) mass is 357 g/mol. The molecule has 0 unspecified atom stereocenters. The van der Waals surface area contributed by atoms with Crippen LogP contribution in [0.4, 0.5) is 0 Å². The van der Waals surface area contributed by atoms with Gasteiger partial charge in [-0.05, 0) is 27.2 Å². The number of nitrogens with one attached hydrogen (secondary N) is 1. The topological polar surface area (TPSA) is 76.7 Å². The Morgan fingerprint density at radius 3 is 2.47 bits per heavy atom. The molecule has 0 saturated carbocycles. The maximum Gasteiger partial charge on any atom is 0.308 e. The van der Waals surface area contributed by atoms with Crippen LogP contribution in [0.25, 0.3) is 0 Å². The molecule has 0 aliphatic heterocycles. The lowest BCUT2D eigenvalue weighted by atomic mass is 10.2. The van der Waals surface area contributed by atoms with Gasteiger partial charge in [-0.1, -0.05) is 6.92 Å².